The van der Waals surface area contributed by atoms with Gasteiger partial charge in [-0.2, -0.15) is 0 Å². The maximum atomic E-state index is 10.5. The van der Waals surface area contributed by atoms with Crippen LogP contribution < -0.4 is 5.32 Å². The highest BCUT2D eigenvalue weighted by Gasteiger charge is 2.11. The van der Waals surface area contributed by atoms with Crippen molar-refractivity contribution in [2.75, 3.05) is 5.32 Å². The molecule has 2 aromatic heterocycles. The van der Waals surface area contributed by atoms with Gasteiger partial charge < -0.3 is 14.2 Å². The molecule has 2 heterocycles. The Morgan fingerprint density at radius 1 is 1.29 bits per heavy atom. The molecule has 0 spiro atoms. The Balaban J connectivity index is 1.73. The van der Waals surface area contributed by atoms with E-state index in [1.165, 1.54) is 6.07 Å². The van der Waals surface area contributed by atoms with Gasteiger partial charge in [-0.15, -0.1) is 0 Å². The minimum absolute atomic E-state index is 0.258. The van der Waals surface area contributed by atoms with Gasteiger partial charge in [0.15, 0.2) is 11.5 Å². The number of nitrogens with zero attached hydrogens (tertiary/aromatic N) is 2. The van der Waals surface area contributed by atoms with Gasteiger partial charge in [0.25, 0.3) is 0 Å². The van der Waals surface area contributed by atoms with E-state index in [-0.39, 0.29) is 5.88 Å². The molecule has 3 rings (SSSR count). The molecule has 1 aromatic carbocycles. The maximum Gasteiger partial charge on any atom is 0.433 e. The van der Waals surface area contributed by atoms with E-state index in [4.69, 9.17) is 8.83 Å². The number of aromatic nitrogens is 1. The van der Waals surface area contributed by atoms with Crippen LogP contribution >= 0.6 is 0 Å². The van der Waals surface area contributed by atoms with E-state index >= 15 is 0 Å². The third-order valence-electron chi connectivity index (χ3n) is 3.03. The van der Waals surface area contributed by atoms with Crippen molar-refractivity contribution in [3.63, 3.8) is 0 Å². The molecule has 0 bridgehead atoms. The molecule has 7 nitrogen and oxygen atoms in total. The zero-order chi connectivity index (χ0) is 14.8. The SMILES string of the molecule is CCc1nc2cc(NCc3ccc([N+](=O)[O-])o3)ccc2o1. The van der Waals surface area contributed by atoms with E-state index in [1.54, 1.807) is 6.07 Å². The summed E-state index contributed by atoms with van der Waals surface area (Å²) in [6, 6.07) is 8.49. The van der Waals surface area contributed by atoms with Crippen molar-refractivity contribution in [1.82, 2.24) is 4.98 Å². The second-order valence-corrected chi connectivity index (χ2v) is 4.49. The van der Waals surface area contributed by atoms with Crippen LogP contribution in [0.2, 0.25) is 0 Å². The van der Waals surface area contributed by atoms with Crippen molar-refractivity contribution >= 4 is 22.7 Å². The molecule has 7 heteroatoms. The molecule has 0 atom stereocenters. The average molecular weight is 287 g/mol. The zero-order valence-corrected chi connectivity index (χ0v) is 11.3. The molecule has 0 unspecified atom stereocenters. The van der Waals surface area contributed by atoms with E-state index in [9.17, 15) is 10.1 Å². The summed E-state index contributed by atoms with van der Waals surface area (Å²) in [5.74, 6) is 0.936. The van der Waals surface area contributed by atoms with Gasteiger partial charge in [0.05, 0.1) is 12.6 Å². The molecule has 0 aliphatic rings. The summed E-state index contributed by atoms with van der Waals surface area (Å²) in [6.45, 7) is 2.34. The molecule has 3 aromatic rings. The number of hydrogen-bond acceptors (Lipinski definition) is 6. The Hall–Kier alpha value is -2.83. The molecule has 0 fully saturated rings. The smallest absolute Gasteiger partial charge is 0.433 e. The first-order valence-corrected chi connectivity index (χ1v) is 6.52. The quantitative estimate of drug-likeness (QED) is 0.570. The summed E-state index contributed by atoms with van der Waals surface area (Å²) >= 11 is 0. The van der Waals surface area contributed by atoms with Crippen LogP contribution in [0.1, 0.15) is 18.6 Å². The lowest BCUT2D eigenvalue weighted by atomic mass is 10.3. The number of aryl methyl sites for hydroxylation is 1. The highest BCUT2D eigenvalue weighted by molar-refractivity contribution is 5.77. The van der Waals surface area contributed by atoms with Crippen LogP contribution in [-0.4, -0.2) is 9.91 Å². The van der Waals surface area contributed by atoms with Crippen LogP contribution in [0.5, 0.6) is 0 Å². The predicted octanol–water partition coefficient (Wildman–Crippen LogP) is 3.50. The van der Waals surface area contributed by atoms with Gasteiger partial charge >= 0.3 is 5.88 Å². The molecule has 1 N–H and O–H groups in total. The number of hydrogen-bond donors (Lipinski definition) is 1. The number of anilines is 1. The highest BCUT2D eigenvalue weighted by atomic mass is 16.6. The third kappa shape index (κ3) is 2.71. The number of nitro groups is 1. The van der Waals surface area contributed by atoms with E-state index in [0.29, 0.717) is 18.2 Å². The minimum atomic E-state index is -0.558. The van der Waals surface area contributed by atoms with Gasteiger partial charge in [-0.1, -0.05) is 6.92 Å². The number of furan rings is 1. The monoisotopic (exact) mass is 287 g/mol. The summed E-state index contributed by atoms with van der Waals surface area (Å²) in [5.41, 5.74) is 2.37. The number of rotatable bonds is 5. The fourth-order valence-electron chi connectivity index (χ4n) is 1.99. The molecular weight excluding hydrogens is 274 g/mol. The van der Waals surface area contributed by atoms with Crippen LogP contribution in [0.25, 0.3) is 11.1 Å². The summed E-state index contributed by atoms with van der Waals surface area (Å²) in [5, 5.41) is 13.7. The fourth-order valence-corrected chi connectivity index (χ4v) is 1.99. The lowest BCUT2D eigenvalue weighted by Gasteiger charge is -2.03. The van der Waals surface area contributed by atoms with Crippen LogP contribution in [0.4, 0.5) is 11.6 Å². The lowest BCUT2D eigenvalue weighted by Crippen LogP contribution is -1.97. The lowest BCUT2D eigenvalue weighted by molar-refractivity contribution is -0.402. The second kappa shape index (κ2) is 5.28. The molecule has 0 aliphatic carbocycles. The van der Waals surface area contributed by atoms with Crippen LogP contribution in [-0.2, 0) is 13.0 Å². The minimum Gasteiger partial charge on any atom is -0.441 e. The van der Waals surface area contributed by atoms with Crippen LogP contribution in [0, 0.1) is 10.1 Å². The predicted molar refractivity (Wildman–Crippen MR) is 76.1 cm³/mol. The molecule has 0 aliphatic heterocycles. The first-order chi connectivity index (χ1) is 10.2. The topological polar surface area (TPSA) is 94.3 Å². The Labute approximate surface area is 119 Å². The van der Waals surface area contributed by atoms with Gasteiger partial charge in [-0.25, -0.2) is 4.98 Å². The molecule has 0 amide bonds. The number of fused-ring (bicyclic) bond motifs is 1. The van der Waals surface area contributed by atoms with Gasteiger partial charge in [0.1, 0.15) is 16.2 Å². The molecule has 108 valence electrons. The van der Waals surface area contributed by atoms with Gasteiger partial charge in [0, 0.05) is 12.1 Å². The van der Waals surface area contributed by atoms with Gasteiger partial charge in [-0.3, -0.25) is 10.1 Å². The first-order valence-electron chi connectivity index (χ1n) is 6.52. The van der Waals surface area contributed by atoms with Crippen molar-refractivity contribution < 1.29 is 13.8 Å². The second-order valence-electron chi connectivity index (χ2n) is 4.49. The van der Waals surface area contributed by atoms with Crippen molar-refractivity contribution in [1.29, 1.82) is 0 Å². The summed E-state index contributed by atoms with van der Waals surface area (Å²) in [4.78, 5) is 14.3. The van der Waals surface area contributed by atoms with Gasteiger partial charge in [0.2, 0.25) is 0 Å². The largest absolute Gasteiger partial charge is 0.441 e. The normalized spacial score (nSPS) is 10.9. The summed E-state index contributed by atoms with van der Waals surface area (Å²) < 4.78 is 10.6. The van der Waals surface area contributed by atoms with E-state index in [1.807, 2.05) is 25.1 Å². The Morgan fingerprint density at radius 2 is 2.14 bits per heavy atom. The Morgan fingerprint density at radius 3 is 2.86 bits per heavy atom. The first kappa shape index (κ1) is 13.2. The van der Waals surface area contributed by atoms with Crippen molar-refractivity contribution in [3.05, 3.63) is 52.1 Å². The van der Waals surface area contributed by atoms with Gasteiger partial charge in [-0.05, 0) is 24.3 Å². The summed E-state index contributed by atoms with van der Waals surface area (Å²) in [7, 11) is 0. The van der Waals surface area contributed by atoms with E-state index in [2.05, 4.69) is 10.3 Å². The van der Waals surface area contributed by atoms with E-state index in [0.717, 1.165) is 23.2 Å². The van der Waals surface area contributed by atoms with Crippen molar-refractivity contribution in [2.24, 2.45) is 0 Å². The van der Waals surface area contributed by atoms with Crippen LogP contribution in [0.3, 0.4) is 0 Å². The zero-order valence-electron chi connectivity index (χ0n) is 11.3. The van der Waals surface area contributed by atoms with Crippen LogP contribution in [0.15, 0.2) is 39.2 Å². The maximum absolute atomic E-state index is 10.5. The number of nitrogens with one attached hydrogen (secondary N) is 1. The average Bonchev–Trinajstić information content (AvgIpc) is 3.10. The molecule has 0 saturated carbocycles. The Kier molecular flexibility index (Phi) is 3.31. The molecular formula is C14H13N3O4. The third-order valence-corrected chi connectivity index (χ3v) is 3.03. The number of benzene rings is 1. The standard InChI is InChI=1S/C14H13N3O4/c1-2-13-16-11-7-9(3-5-12(11)21-13)15-8-10-4-6-14(20-10)17(18)19/h3-7,15H,2,8H2,1H3. The molecule has 0 radical (unpaired) electrons. The Bertz CT molecular complexity index is 790. The fraction of sp³-hybridized carbons (Fsp3) is 0.214. The molecule has 0 saturated heterocycles. The number of oxazole rings is 1. The molecule has 21 heavy (non-hydrogen) atoms. The summed E-state index contributed by atoms with van der Waals surface area (Å²) in [6.07, 6.45) is 0.744. The van der Waals surface area contributed by atoms with E-state index < -0.39 is 4.92 Å². The highest BCUT2D eigenvalue weighted by Crippen LogP contribution is 2.21. The van der Waals surface area contributed by atoms with Crippen molar-refractivity contribution in [3.8, 4) is 0 Å². The van der Waals surface area contributed by atoms with Crippen molar-refractivity contribution in [2.45, 2.75) is 19.9 Å².